The van der Waals surface area contributed by atoms with E-state index in [0.29, 0.717) is 47.2 Å². The third kappa shape index (κ3) is 12.2. The minimum Gasteiger partial charge on any atom is -0.871 e. The van der Waals surface area contributed by atoms with Crippen molar-refractivity contribution < 1.29 is 24.1 Å². The molecule has 2 atom stereocenters. The first kappa shape index (κ1) is 53.5. The van der Waals surface area contributed by atoms with Crippen molar-refractivity contribution in [3.63, 3.8) is 0 Å². The fourth-order valence-electron chi connectivity index (χ4n) is 9.08. The summed E-state index contributed by atoms with van der Waals surface area (Å²) < 4.78 is 2.33. The van der Waals surface area contributed by atoms with Crippen molar-refractivity contribution in [2.45, 2.75) is 161 Å². The average Bonchev–Trinajstić information content (AvgIpc) is 3.31. The van der Waals surface area contributed by atoms with E-state index in [-0.39, 0.29) is 23.0 Å². The van der Waals surface area contributed by atoms with Gasteiger partial charge in [-0.25, -0.2) is 0 Å². The Morgan fingerprint density at radius 2 is 1.29 bits per heavy atom. The number of aryl methyl sites for hydroxylation is 4. The van der Waals surface area contributed by atoms with Crippen LogP contribution in [-0.2, 0) is 14.4 Å². The van der Waals surface area contributed by atoms with Crippen LogP contribution in [0.2, 0.25) is 0 Å². The second-order valence-corrected chi connectivity index (χ2v) is 20.9. The van der Waals surface area contributed by atoms with E-state index in [1.54, 1.807) is 0 Å². The Hall–Kier alpha value is -5.50. The molecule has 0 saturated heterocycles. The summed E-state index contributed by atoms with van der Waals surface area (Å²) in [6.45, 7) is 30.5. The molecule has 0 aliphatic heterocycles. The van der Waals surface area contributed by atoms with Gasteiger partial charge in [-0.1, -0.05) is 142 Å². The summed E-state index contributed by atoms with van der Waals surface area (Å²) in [4.78, 5) is 45.2. The summed E-state index contributed by atoms with van der Waals surface area (Å²) in [6, 6.07) is 18.7. The summed E-state index contributed by atoms with van der Waals surface area (Å²) in [5.74, 6) is -0.358. The highest BCUT2D eigenvalue weighted by Gasteiger charge is 2.37. The molecule has 0 spiro atoms. The number of benzene rings is 3. The molecule has 2 amide bonds. The lowest BCUT2D eigenvalue weighted by Gasteiger charge is -2.36. The molecule has 2 aliphatic rings. The van der Waals surface area contributed by atoms with Crippen molar-refractivity contribution >= 4 is 51.6 Å². The van der Waals surface area contributed by atoms with Gasteiger partial charge in [0.2, 0.25) is 23.2 Å². The molecule has 0 radical (unpaired) electrons. The highest BCUT2D eigenvalue weighted by atomic mass is 16.3. The first-order chi connectivity index (χ1) is 32.2. The van der Waals surface area contributed by atoms with Gasteiger partial charge < -0.3 is 20.6 Å². The van der Waals surface area contributed by atoms with Gasteiger partial charge in [0.15, 0.2) is 12.3 Å². The molecule has 0 fully saturated rings. The van der Waals surface area contributed by atoms with Gasteiger partial charge in [-0.3, -0.25) is 14.4 Å². The quantitative estimate of drug-likeness (QED) is 0.0771. The van der Waals surface area contributed by atoms with Gasteiger partial charge in [-0.15, -0.1) is 0 Å². The lowest BCUT2D eigenvalue weighted by Crippen LogP contribution is -2.39. The maximum Gasteiger partial charge on any atom is 0.230 e. The Kier molecular flexibility index (Phi) is 18.2. The first-order valence-corrected chi connectivity index (χ1v) is 25.7. The van der Waals surface area contributed by atoms with Crippen LogP contribution in [-0.4, -0.2) is 41.0 Å². The first-order valence-electron chi connectivity index (χ1n) is 25.7. The molecule has 2 N–H and O–H groups in total. The van der Waals surface area contributed by atoms with Crippen LogP contribution in [0, 0.1) is 50.4 Å². The number of carbonyl (C=O) groups is 3. The largest absolute Gasteiger partial charge is 0.871 e. The maximum absolute atomic E-state index is 14.8. The van der Waals surface area contributed by atoms with Gasteiger partial charge in [-0.05, 0) is 102 Å². The molecule has 2 unspecified atom stereocenters. The van der Waals surface area contributed by atoms with Crippen LogP contribution in [0.3, 0.4) is 0 Å². The van der Waals surface area contributed by atoms with E-state index < -0.39 is 22.4 Å². The topological polar surface area (TPSA) is 105 Å². The van der Waals surface area contributed by atoms with Crippen LogP contribution in [0.15, 0.2) is 95.4 Å². The molecule has 8 nitrogen and oxygen atoms in total. The number of unbranched alkanes of at least 4 members (excludes halogenated alkanes) is 2. The number of carbonyl (C=O) groups excluding carboxylic acids is 3. The number of ketones is 1. The number of nitrogens with one attached hydrogen (secondary N) is 2. The number of hydrogen-bond donors (Lipinski definition) is 2. The highest BCUT2D eigenvalue weighted by Crippen LogP contribution is 2.44. The van der Waals surface area contributed by atoms with E-state index in [1.165, 1.54) is 11.1 Å². The van der Waals surface area contributed by atoms with E-state index in [1.807, 2.05) is 78.0 Å². The monoisotopic (exact) mass is 923 g/mol. The van der Waals surface area contributed by atoms with Crippen LogP contribution in [0.4, 0.5) is 22.7 Å². The summed E-state index contributed by atoms with van der Waals surface area (Å²) in [6.07, 6.45) is 15.7. The summed E-state index contributed by atoms with van der Waals surface area (Å²) in [5, 5.41) is 21.2. The number of anilines is 3. The van der Waals surface area contributed by atoms with Crippen molar-refractivity contribution in [2.75, 3.05) is 23.3 Å². The molecule has 2 aliphatic carbocycles. The highest BCUT2D eigenvalue weighted by molar-refractivity contribution is 6.40. The van der Waals surface area contributed by atoms with E-state index in [0.717, 1.165) is 98.4 Å². The van der Waals surface area contributed by atoms with Crippen molar-refractivity contribution in [3.05, 3.63) is 123 Å². The zero-order chi connectivity index (χ0) is 50.1. The van der Waals surface area contributed by atoms with Gasteiger partial charge in [0.1, 0.15) is 0 Å². The third-order valence-electron chi connectivity index (χ3n) is 14.8. The molecular weight excluding hydrogens is 841 g/mol. The van der Waals surface area contributed by atoms with Gasteiger partial charge in [0.05, 0.1) is 11.4 Å². The van der Waals surface area contributed by atoms with Gasteiger partial charge in [0, 0.05) is 80.7 Å². The molecule has 68 heavy (non-hydrogen) atoms. The number of hydrogen-bond acceptors (Lipinski definition) is 5. The van der Waals surface area contributed by atoms with Crippen molar-refractivity contribution in [2.24, 2.45) is 22.7 Å². The number of allylic oxidation sites excluding steroid dienone is 5. The van der Waals surface area contributed by atoms with Crippen LogP contribution in [0.5, 0.6) is 0 Å². The summed E-state index contributed by atoms with van der Waals surface area (Å²) in [7, 11) is 0. The summed E-state index contributed by atoms with van der Waals surface area (Å²) in [5.41, 5.74) is 8.81. The smallest absolute Gasteiger partial charge is 0.230 e. The Bertz CT molecular complexity index is 2510. The predicted octanol–water partition coefficient (Wildman–Crippen LogP) is 13.6. The van der Waals surface area contributed by atoms with Gasteiger partial charge in [-0.2, -0.15) is 4.58 Å². The fourth-order valence-corrected chi connectivity index (χ4v) is 9.08. The molecule has 0 heterocycles. The molecule has 3 aromatic carbocycles. The third-order valence-corrected chi connectivity index (χ3v) is 14.8. The van der Waals surface area contributed by atoms with E-state index in [4.69, 9.17) is 0 Å². The molecule has 0 bridgehead atoms. The number of Topliss-reactive ketones (excluding diaryl/α,β-unsaturated/α-hetero) is 1. The Labute approximate surface area is 409 Å². The van der Waals surface area contributed by atoms with Crippen LogP contribution >= 0.6 is 0 Å². The normalized spacial score (nSPS) is 16.9. The maximum atomic E-state index is 14.8. The number of rotatable bonds is 22. The van der Waals surface area contributed by atoms with E-state index in [2.05, 4.69) is 112 Å². The molecule has 5 rings (SSSR count). The zero-order valence-electron chi connectivity index (χ0n) is 44.1. The zero-order valence-corrected chi connectivity index (χ0v) is 44.1. The number of amides is 2. The van der Waals surface area contributed by atoms with Gasteiger partial charge >= 0.3 is 0 Å². The molecule has 366 valence electrons. The second-order valence-electron chi connectivity index (χ2n) is 20.9. The Balaban J connectivity index is 1.73. The molecule has 3 aromatic rings. The lowest BCUT2D eigenvalue weighted by atomic mass is 9.78. The van der Waals surface area contributed by atoms with Crippen molar-refractivity contribution in [1.29, 1.82) is 0 Å². The van der Waals surface area contributed by atoms with Gasteiger partial charge in [0.25, 0.3) is 0 Å². The Morgan fingerprint density at radius 3 is 1.85 bits per heavy atom. The molecule has 8 heteroatoms. The number of nitrogens with zero attached hydrogens (tertiary/aromatic N) is 2. The molecule has 0 aromatic heterocycles. The summed E-state index contributed by atoms with van der Waals surface area (Å²) >= 11 is 0. The molecule has 0 saturated carbocycles. The van der Waals surface area contributed by atoms with E-state index >= 15 is 0 Å². The minimum atomic E-state index is -0.706. The second kappa shape index (κ2) is 23.2. The predicted molar refractivity (Wildman–Crippen MR) is 283 cm³/mol. The average molecular weight is 923 g/mol. The Morgan fingerprint density at radius 1 is 0.706 bits per heavy atom. The standard InChI is InChI=1S/C60H82N4O4/c1-15-21-23-43(17-3)37-63(51-31-25-39(7)33-41(51)9)45-27-29-47(49(35-45)61-57(67)59(11,12)19-5)53-55(65)54(56(53)66)48-30-28-46(36-50(48)62-58(68)60(13,14)20-6)64(38-44(18-4)24-22-16-2)52-32-26-40(8)34-42(52)10/h25-36,43-44H,15-24,37-38H2,1-14H3,(H2,61,62,65,66,67,68). The minimum absolute atomic E-state index is 0.0254. The lowest BCUT2D eigenvalue weighted by molar-refractivity contribution is -0.449. The van der Waals surface area contributed by atoms with Crippen LogP contribution in [0.25, 0.3) is 5.57 Å². The van der Waals surface area contributed by atoms with Crippen molar-refractivity contribution in [1.82, 2.24) is 5.32 Å². The molecular formula is C60H82N4O4. The van der Waals surface area contributed by atoms with Crippen LogP contribution < -0.4 is 20.6 Å². The van der Waals surface area contributed by atoms with Crippen molar-refractivity contribution in [3.8, 4) is 0 Å². The van der Waals surface area contributed by atoms with E-state index in [9.17, 15) is 19.5 Å². The SMILES string of the molecule is CCCCC(CC)CN(c1ccc(C2=C([O-])/C(=C3/C=CC(=[N+](CC(CC)CCCC)c4ccc(C)cc4C)C=C3NC(=O)C(C)(C)CC)C2=O)c(NC(=O)C(C)(C)CC)c1)c1ccc(C)cc1C. The fraction of sp³-hybridized carbons (Fsp3) is 0.500. The van der Waals surface area contributed by atoms with Crippen LogP contribution in [0.1, 0.15) is 161 Å².